The van der Waals surface area contributed by atoms with Gasteiger partial charge in [0.2, 0.25) is 17.7 Å². The van der Waals surface area contributed by atoms with E-state index in [4.69, 9.17) is 16.3 Å². The van der Waals surface area contributed by atoms with Gasteiger partial charge >= 0.3 is 5.91 Å². The zero-order valence-corrected chi connectivity index (χ0v) is 30.6. The molecule has 266 valence electrons. The number of carbonyl (C=O) groups excluding carboxylic acids is 5. The molecule has 1 aliphatic heterocycles. The van der Waals surface area contributed by atoms with Crippen molar-refractivity contribution >= 4 is 53.1 Å². The van der Waals surface area contributed by atoms with Crippen LogP contribution >= 0.6 is 23.5 Å². The molecule has 1 heterocycles. The van der Waals surface area contributed by atoms with E-state index in [0.717, 1.165) is 37.6 Å². The zero-order valence-electron chi connectivity index (χ0n) is 29.1. The second-order valence-corrected chi connectivity index (χ2v) is 15.8. The largest absolute Gasteiger partial charge is 0.493 e. The molecule has 1 saturated heterocycles. The van der Waals surface area contributed by atoms with Crippen LogP contribution in [0.4, 0.5) is 0 Å². The number of hydrogen-bond acceptors (Lipinski definition) is 7. The molecule has 13 heteroatoms. The van der Waals surface area contributed by atoms with Crippen molar-refractivity contribution in [1.82, 2.24) is 20.9 Å². The SMILES string of the molecule is CS[N+]1(C)C(=O)CNC(=O)C(N(C)C(=O)CC2CC2)CCCCNC(=O)C(C)(C)NC(=O)[C@@H]1Cc1cc(Cl)ccc1OCC1CCCC1. The number of benzene rings is 1. The first-order valence-electron chi connectivity index (χ1n) is 17.3. The van der Waals surface area contributed by atoms with Crippen molar-refractivity contribution in [3.63, 3.8) is 0 Å². The molecule has 2 aliphatic carbocycles. The molecule has 0 radical (unpaired) electrons. The maximum absolute atomic E-state index is 14.3. The molecule has 0 spiro atoms. The Bertz CT molecular complexity index is 1350. The second kappa shape index (κ2) is 16.7. The van der Waals surface area contributed by atoms with Crippen LogP contribution in [0, 0.1) is 11.8 Å². The van der Waals surface area contributed by atoms with E-state index < -0.39 is 39.2 Å². The number of likely N-dealkylation sites (N-methyl/N-ethyl adjacent to an activating group) is 2. The lowest BCUT2D eigenvalue weighted by atomic mass is 9.99. The van der Waals surface area contributed by atoms with E-state index in [1.165, 1.54) is 17.7 Å². The van der Waals surface area contributed by atoms with E-state index in [1.54, 1.807) is 52.4 Å². The molecule has 3 fully saturated rings. The summed E-state index contributed by atoms with van der Waals surface area (Å²) in [5.41, 5.74) is -0.607. The first-order valence-corrected chi connectivity index (χ1v) is 18.8. The fourth-order valence-electron chi connectivity index (χ4n) is 6.49. The molecular formula is C35H53ClN5O6S+. The Morgan fingerprint density at radius 2 is 1.69 bits per heavy atom. The number of quaternary nitrogens is 1. The molecule has 2 saturated carbocycles. The molecule has 1 aromatic carbocycles. The zero-order chi connectivity index (χ0) is 35.1. The highest BCUT2D eigenvalue weighted by Gasteiger charge is 2.48. The average Bonchev–Trinajstić information content (AvgIpc) is 3.71. The van der Waals surface area contributed by atoms with Crippen LogP contribution in [0.1, 0.15) is 83.6 Å². The van der Waals surface area contributed by atoms with E-state index in [1.807, 2.05) is 0 Å². The van der Waals surface area contributed by atoms with Crippen molar-refractivity contribution in [2.24, 2.45) is 11.8 Å². The van der Waals surface area contributed by atoms with Gasteiger partial charge in [0.1, 0.15) is 23.9 Å². The molecule has 3 aliphatic rings. The Hall–Kier alpha value is -2.83. The lowest BCUT2D eigenvalue weighted by Crippen LogP contribution is -2.65. The Balaban J connectivity index is 1.64. The first kappa shape index (κ1) is 38.0. The molecule has 1 aromatic rings. The van der Waals surface area contributed by atoms with E-state index in [2.05, 4.69) is 16.0 Å². The maximum atomic E-state index is 14.3. The summed E-state index contributed by atoms with van der Waals surface area (Å²) in [4.78, 5) is 69.8. The number of nitrogens with zero attached hydrogens (tertiary/aromatic N) is 2. The van der Waals surface area contributed by atoms with Crippen LogP contribution in [0.15, 0.2) is 18.2 Å². The van der Waals surface area contributed by atoms with Crippen LogP contribution in [-0.2, 0) is 30.4 Å². The number of amides is 5. The minimum absolute atomic E-state index is 0.0855. The predicted octanol–water partition coefficient (Wildman–Crippen LogP) is 4.01. The lowest BCUT2D eigenvalue weighted by molar-refractivity contribution is -0.712. The number of nitrogens with one attached hydrogen (secondary N) is 3. The monoisotopic (exact) mass is 706 g/mol. The molecule has 2 unspecified atom stereocenters. The van der Waals surface area contributed by atoms with Crippen LogP contribution < -0.4 is 20.7 Å². The fraction of sp³-hybridized carbons (Fsp3) is 0.686. The van der Waals surface area contributed by atoms with E-state index in [-0.39, 0.29) is 24.8 Å². The van der Waals surface area contributed by atoms with Crippen LogP contribution in [0.3, 0.4) is 0 Å². The molecule has 3 N–H and O–H groups in total. The van der Waals surface area contributed by atoms with Gasteiger partial charge in [-0.15, -0.1) is 0 Å². The Labute approximate surface area is 294 Å². The summed E-state index contributed by atoms with van der Waals surface area (Å²) < 4.78 is 5.85. The first-order chi connectivity index (χ1) is 22.7. The van der Waals surface area contributed by atoms with Crippen LogP contribution in [0.2, 0.25) is 5.02 Å². The minimum Gasteiger partial charge on any atom is -0.493 e. The quantitative estimate of drug-likeness (QED) is 0.261. The summed E-state index contributed by atoms with van der Waals surface area (Å²) in [7, 11) is 3.28. The molecule has 4 rings (SSSR count). The summed E-state index contributed by atoms with van der Waals surface area (Å²) in [6.07, 6.45) is 10.4. The third-order valence-electron chi connectivity index (χ3n) is 10.1. The van der Waals surface area contributed by atoms with Gasteiger partial charge in [-0.05, 0) is 88.8 Å². The van der Waals surface area contributed by atoms with Crippen molar-refractivity contribution in [2.75, 3.05) is 40.0 Å². The van der Waals surface area contributed by atoms with Crippen molar-refractivity contribution < 1.29 is 32.6 Å². The molecule has 11 nitrogen and oxygen atoms in total. The second-order valence-electron chi connectivity index (χ2n) is 14.3. The third-order valence-corrected chi connectivity index (χ3v) is 11.5. The Morgan fingerprint density at radius 1 is 1.00 bits per heavy atom. The highest BCUT2D eigenvalue weighted by molar-refractivity contribution is 7.93. The third kappa shape index (κ3) is 9.88. The van der Waals surface area contributed by atoms with Crippen LogP contribution in [0.25, 0.3) is 0 Å². The maximum Gasteiger partial charge on any atom is 0.344 e. The van der Waals surface area contributed by atoms with Crippen LogP contribution in [-0.4, -0.2) is 96.0 Å². The topological polar surface area (TPSA) is 134 Å². The van der Waals surface area contributed by atoms with E-state index >= 15 is 0 Å². The van der Waals surface area contributed by atoms with Gasteiger partial charge in [-0.1, -0.05) is 24.4 Å². The number of carbonyl (C=O) groups is 5. The van der Waals surface area contributed by atoms with Gasteiger partial charge in [-0.2, -0.15) is 3.89 Å². The van der Waals surface area contributed by atoms with Gasteiger partial charge in [0.15, 0.2) is 6.04 Å². The van der Waals surface area contributed by atoms with Gasteiger partial charge in [0, 0.05) is 43.3 Å². The standard InChI is InChI=1S/C35H52ClN5O6S/c1-35(2)34(46)37-17-9-8-12-27(40(3)30(42)18-23-13-14-23)32(44)38-21-31(43)41(4,48-5)28(33(45)39-35)20-25-19-26(36)15-16-29(25)47-22-24-10-6-7-11-24/h15-16,19,23-24,27-28H,6-14,17-18,20-22H2,1-5H3,(H2-,37,38,39,44,45,46)/p+1/t27?,28-,41?/m0/s1. The fourth-order valence-corrected chi connectivity index (χ4v) is 7.38. The summed E-state index contributed by atoms with van der Waals surface area (Å²) in [5, 5.41) is 9.07. The van der Waals surface area contributed by atoms with E-state index in [0.29, 0.717) is 67.0 Å². The highest BCUT2D eigenvalue weighted by atomic mass is 35.5. The summed E-state index contributed by atoms with van der Waals surface area (Å²) >= 11 is 7.61. The normalized spacial score (nSPS) is 26.4. The minimum atomic E-state index is -1.28. The van der Waals surface area contributed by atoms with Crippen molar-refractivity contribution in [2.45, 2.75) is 102 Å². The number of ether oxygens (including phenoxy) is 1. The van der Waals surface area contributed by atoms with Gasteiger partial charge in [0.05, 0.1) is 25.6 Å². The van der Waals surface area contributed by atoms with Crippen molar-refractivity contribution in [3.8, 4) is 5.75 Å². The number of hydrogen-bond donors (Lipinski definition) is 3. The lowest BCUT2D eigenvalue weighted by Gasteiger charge is -2.37. The van der Waals surface area contributed by atoms with Gasteiger partial charge < -0.3 is 25.6 Å². The smallest absolute Gasteiger partial charge is 0.344 e. The predicted molar refractivity (Wildman–Crippen MR) is 187 cm³/mol. The molecule has 0 aromatic heterocycles. The van der Waals surface area contributed by atoms with Crippen LogP contribution in [0.5, 0.6) is 5.75 Å². The molecule has 3 atom stereocenters. The van der Waals surface area contributed by atoms with Crippen molar-refractivity contribution in [3.05, 3.63) is 28.8 Å². The summed E-state index contributed by atoms with van der Waals surface area (Å²) in [6.45, 7) is 3.83. The van der Waals surface area contributed by atoms with E-state index in [9.17, 15) is 24.0 Å². The summed E-state index contributed by atoms with van der Waals surface area (Å²) in [6, 6.07) is 3.52. The Morgan fingerprint density at radius 3 is 2.35 bits per heavy atom. The highest BCUT2D eigenvalue weighted by Crippen LogP contribution is 2.34. The number of halogens is 1. The Kier molecular flexibility index (Phi) is 13.2. The van der Waals surface area contributed by atoms with Gasteiger partial charge in [-0.25, -0.2) is 4.79 Å². The van der Waals surface area contributed by atoms with Crippen molar-refractivity contribution in [1.29, 1.82) is 0 Å². The molecule has 5 amide bonds. The average molecular weight is 707 g/mol. The molecule has 0 bridgehead atoms. The van der Waals surface area contributed by atoms with Gasteiger partial charge in [-0.3, -0.25) is 19.2 Å². The van der Waals surface area contributed by atoms with Gasteiger partial charge in [0.25, 0.3) is 5.91 Å². The molecular weight excluding hydrogens is 654 g/mol. The number of rotatable bonds is 9. The molecule has 48 heavy (non-hydrogen) atoms. The summed E-state index contributed by atoms with van der Waals surface area (Å²) in [5.74, 6) is -0.358.